The molecule has 0 aliphatic rings. The summed E-state index contributed by atoms with van der Waals surface area (Å²) in [4.78, 5) is 24.3. The number of nitrogens with one attached hydrogen (secondary N) is 1. The molecule has 1 amide bonds. The van der Waals surface area contributed by atoms with E-state index in [0.29, 0.717) is 18.1 Å². The average Bonchev–Trinajstić information content (AvgIpc) is 3.10. The highest BCUT2D eigenvalue weighted by atomic mass is 16.5. The molecule has 0 fully saturated rings. The smallest absolute Gasteiger partial charge is 0.227 e. The highest BCUT2D eigenvalue weighted by Crippen LogP contribution is 2.15. The summed E-state index contributed by atoms with van der Waals surface area (Å²) >= 11 is 0. The number of carbonyl (C=O) groups is 1. The van der Waals surface area contributed by atoms with E-state index in [1.54, 1.807) is 36.9 Å². The van der Waals surface area contributed by atoms with Gasteiger partial charge in [0, 0.05) is 43.2 Å². The molecule has 0 saturated heterocycles. The number of carbonyl (C=O) groups excluding carboxylic acids is 1. The first kappa shape index (κ1) is 15.8. The van der Waals surface area contributed by atoms with Gasteiger partial charge in [-0.25, -0.2) is 0 Å². The molecule has 1 atom stereocenters. The molecule has 3 aromatic heterocycles. The van der Waals surface area contributed by atoms with Gasteiger partial charge in [0.1, 0.15) is 0 Å². The van der Waals surface area contributed by atoms with Crippen molar-refractivity contribution >= 4 is 5.91 Å². The van der Waals surface area contributed by atoms with Crippen LogP contribution in [0.5, 0.6) is 0 Å². The van der Waals surface area contributed by atoms with Gasteiger partial charge < -0.3 is 9.84 Å². The number of pyridine rings is 2. The predicted molar refractivity (Wildman–Crippen MR) is 86.6 cm³/mol. The van der Waals surface area contributed by atoms with Crippen molar-refractivity contribution < 1.29 is 9.32 Å². The van der Waals surface area contributed by atoms with E-state index in [4.69, 9.17) is 4.52 Å². The second-order valence-electron chi connectivity index (χ2n) is 5.32. The summed E-state index contributed by atoms with van der Waals surface area (Å²) in [6.45, 7) is 1.93. The van der Waals surface area contributed by atoms with Gasteiger partial charge in [-0.2, -0.15) is 4.98 Å². The second-order valence-corrected chi connectivity index (χ2v) is 5.32. The van der Waals surface area contributed by atoms with Gasteiger partial charge in [-0.15, -0.1) is 0 Å². The second kappa shape index (κ2) is 7.45. The molecule has 3 heterocycles. The zero-order valence-electron chi connectivity index (χ0n) is 13.2. The maximum absolute atomic E-state index is 12.1. The standard InChI is InChI=1S/C17H17N5O2/c1-12(13-4-8-18-9-5-13)20-15(23)2-3-16-21-17(22-24-16)14-6-10-19-11-7-14/h4-12H,2-3H2,1H3,(H,20,23). The lowest BCUT2D eigenvalue weighted by molar-refractivity contribution is -0.121. The van der Waals surface area contributed by atoms with Gasteiger partial charge in [-0.1, -0.05) is 5.16 Å². The van der Waals surface area contributed by atoms with Crippen molar-refractivity contribution in [1.29, 1.82) is 0 Å². The third-order valence-electron chi connectivity index (χ3n) is 3.56. The molecule has 1 unspecified atom stereocenters. The van der Waals surface area contributed by atoms with Crippen molar-refractivity contribution in [2.24, 2.45) is 0 Å². The molecule has 0 aliphatic carbocycles. The van der Waals surface area contributed by atoms with Crippen molar-refractivity contribution in [3.05, 3.63) is 60.5 Å². The third kappa shape index (κ3) is 4.01. The predicted octanol–water partition coefficient (Wildman–Crippen LogP) is 2.34. The minimum Gasteiger partial charge on any atom is -0.350 e. The normalized spacial score (nSPS) is 11.9. The van der Waals surface area contributed by atoms with Crippen LogP contribution in [-0.2, 0) is 11.2 Å². The largest absolute Gasteiger partial charge is 0.350 e. The van der Waals surface area contributed by atoms with E-state index in [9.17, 15) is 4.79 Å². The number of hydrogen-bond donors (Lipinski definition) is 1. The average molecular weight is 323 g/mol. The summed E-state index contributed by atoms with van der Waals surface area (Å²) in [5.74, 6) is 0.870. The van der Waals surface area contributed by atoms with Crippen LogP contribution in [0, 0.1) is 0 Å². The first-order valence-corrected chi connectivity index (χ1v) is 7.64. The minimum absolute atomic E-state index is 0.0667. The monoisotopic (exact) mass is 323 g/mol. The van der Waals surface area contributed by atoms with Crippen LogP contribution in [-0.4, -0.2) is 26.0 Å². The van der Waals surface area contributed by atoms with Crippen molar-refractivity contribution in [2.75, 3.05) is 0 Å². The van der Waals surface area contributed by atoms with Gasteiger partial charge in [-0.3, -0.25) is 14.8 Å². The molecule has 7 heteroatoms. The van der Waals surface area contributed by atoms with Crippen molar-refractivity contribution in [3.8, 4) is 11.4 Å². The Kier molecular flexibility index (Phi) is 4.90. The highest BCUT2D eigenvalue weighted by molar-refractivity contribution is 5.76. The van der Waals surface area contributed by atoms with Crippen LogP contribution in [0.3, 0.4) is 0 Å². The number of hydrogen-bond acceptors (Lipinski definition) is 6. The van der Waals surface area contributed by atoms with E-state index in [1.165, 1.54) is 0 Å². The Morgan fingerprint density at radius 1 is 1.12 bits per heavy atom. The van der Waals surface area contributed by atoms with E-state index in [-0.39, 0.29) is 18.4 Å². The Labute approximate surface area is 139 Å². The van der Waals surface area contributed by atoms with Gasteiger partial charge in [0.25, 0.3) is 0 Å². The SMILES string of the molecule is CC(NC(=O)CCc1nc(-c2ccncc2)no1)c1ccncc1. The lowest BCUT2D eigenvalue weighted by atomic mass is 10.1. The van der Waals surface area contributed by atoms with Crippen LogP contribution < -0.4 is 5.32 Å². The Morgan fingerprint density at radius 3 is 2.50 bits per heavy atom. The van der Waals surface area contributed by atoms with Crippen LogP contribution in [0.15, 0.2) is 53.6 Å². The highest BCUT2D eigenvalue weighted by Gasteiger charge is 2.13. The summed E-state index contributed by atoms with van der Waals surface area (Å²) in [6.07, 6.45) is 7.42. The number of amides is 1. The molecular formula is C17H17N5O2. The lowest BCUT2D eigenvalue weighted by Gasteiger charge is -2.13. The number of aromatic nitrogens is 4. The van der Waals surface area contributed by atoms with Crippen LogP contribution in [0.1, 0.15) is 30.8 Å². The van der Waals surface area contributed by atoms with Crippen molar-refractivity contribution in [2.45, 2.75) is 25.8 Å². The number of aryl methyl sites for hydroxylation is 1. The van der Waals surface area contributed by atoms with E-state index < -0.39 is 0 Å². The Hall–Kier alpha value is -3.09. The van der Waals surface area contributed by atoms with E-state index in [0.717, 1.165) is 11.1 Å². The van der Waals surface area contributed by atoms with Gasteiger partial charge in [0.15, 0.2) is 0 Å². The Bertz CT molecular complexity index is 789. The van der Waals surface area contributed by atoms with Crippen molar-refractivity contribution in [3.63, 3.8) is 0 Å². The topological polar surface area (TPSA) is 93.8 Å². The molecule has 7 nitrogen and oxygen atoms in total. The molecule has 0 aliphatic heterocycles. The molecule has 3 rings (SSSR count). The van der Waals surface area contributed by atoms with Crippen LogP contribution >= 0.6 is 0 Å². The molecule has 0 bridgehead atoms. The molecule has 3 aromatic rings. The molecule has 0 aromatic carbocycles. The number of rotatable bonds is 6. The zero-order valence-corrected chi connectivity index (χ0v) is 13.2. The quantitative estimate of drug-likeness (QED) is 0.748. The first-order valence-electron chi connectivity index (χ1n) is 7.64. The summed E-state index contributed by atoms with van der Waals surface area (Å²) in [6, 6.07) is 7.29. The molecule has 0 radical (unpaired) electrons. The molecule has 0 saturated carbocycles. The number of nitrogens with zero attached hydrogens (tertiary/aromatic N) is 4. The van der Waals surface area contributed by atoms with Crippen LogP contribution in [0.2, 0.25) is 0 Å². The van der Waals surface area contributed by atoms with E-state index in [2.05, 4.69) is 25.4 Å². The summed E-state index contributed by atoms with van der Waals surface area (Å²) in [5.41, 5.74) is 1.84. The fourth-order valence-corrected chi connectivity index (χ4v) is 2.24. The zero-order chi connectivity index (χ0) is 16.8. The van der Waals surface area contributed by atoms with Gasteiger partial charge >= 0.3 is 0 Å². The third-order valence-corrected chi connectivity index (χ3v) is 3.56. The Morgan fingerprint density at radius 2 is 1.79 bits per heavy atom. The first-order chi connectivity index (χ1) is 11.7. The van der Waals surface area contributed by atoms with E-state index in [1.807, 2.05) is 19.1 Å². The van der Waals surface area contributed by atoms with Crippen LogP contribution in [0.25, 0.3) is 11.4 Å². The van der Waals surface area contributed by atoms with E-state index >= 15 is 0 Å². The molecular weight excluding hydrogens is 306 g/mol. The van der Waals surface area contributed by atoms with Gasteiger partial charge in [0.2, 0.25) is 17.6 Å². The molecule has 24 heavy (non-hydrogen) atoms. The maximum atomic E-state index is 12.1. The van der Waals surface area contributed by atoms with Crippen LogP contribution in [0.4, 0.5) is 0 Å². The van der Waals surface area contributed by atoms with Crippen molar-refractivity contribution in [1.82, 2.24) is 25.4 Å². The van der Waals surface area contributed by atoms with Gasteiger partial charge in [-0.05, 0) is 36.8 Å². The lowest BCUT2D eigenvalue weighted by Crippen LogP contribution is -2.26. The minimum atomic E-state index is -0.0736. The maximum Gasteiger partial charge on any atom is 0.227 e. The molecule has 122 valence electrons. The fourth-order valence-electron chi connectivity index (χ4n) is 2.24. The fraction of sp³-hybridized carbons (Fsp3) is 0.235. The summed E-state index contributed by atoms with van der Waals surface area (Å²) in [7, 11) is 0. The summed E-state index contributed by atoms with van der Waals surface area (Å²) < 4.78 is 5.19. The Balaban J connectivity index is 1.53. The molecule has 1 N–H and O–H groups in total. The summed E-state index contributed by atoms with van der Waals surface area (Å²) in [5, 5.41) is 6.86. The van der Waals surface area contributed by atoms with Gasteiger partial charge in [0.05, 0.1) is 6.04 Å². The molecule has 0 spiro atoms.